The first-order valence-corrected chi connectivity index (χ1v) is 6.38. The second-order valence-electron chi connectivity index (χ2n) is 3.93. The molecule has 1 aliphatic rings. The number of nitrogens with one attached hydrogen (secondary N) is 2. The van der Waals surface area contributed by atoms with Gasteiger partial charge in [-0.3, -0.25) is 9.69 Å². The van der Waals surface area contributed by atoms with Gasteiger partial charge in [0.25, 0.3) is 0 Å². The summed E-state index contributed by atoms with van der Waals surface area (Å²) in [6.07, 6.45) is 1.66. The molecule has 2 heterocycles. The van der Waals surface area contributed by atoms with Crippen molar-refractivity contribution in [1.82, 2.24) is 15.2 Å². The van der Waals surface area contributed by atoms with Crippen LogP contribution in [0.25, 0.3) is 0 Å². The van der Waals surface area contributed by atoms with Crippen LogP contribution >= 0.6 is 15.9 Å². The van der Waals surface area contributed by atoms with Crippen molar-refractivity contribution < 1.29 is 4.79 Å². The van der Waals surface area contributed by atoms with Crippen molar-refractivity contribution >= 4 is 27.7 Å². The van der Waals surface area contributed by atoms with Crippen LogP contribution in [0.15, 0.2) is 22.8 Å². The fraction of sp³-hybridized carbons (Fsp3) is 0.455. The van der Waals surface area contributed by atoms with Gasteiger partial charge in [0, 0.05) is 36.8 Å². The minimum Gasteiger partial charge on any atom is -0.314 e. The van der Waals surface area contributed by atoms with Gasteiger partial charge in [-0.1, -0.05) is 15.9 Å². The standard InChI is InChI=1S/C11H15BrN4O/c12-9-1-2-14-10(7-9)15-11(17)8-16-5-3-13-4-6-16/h1-2,7,13H,3-6,8H2,(H,14,15,17). The van der Waals surface area contributed by atoms with Crippen LogP contribution in [0.5, 0.6) is 0 Å². The minimum atomic E-state index is -0.0162. The molecule has 92 valence electrons. The highest BCUT2D eigenvalue weighted by Gasteiger charge is 2.13. The van der Waals surface area contributed by atoms with E-state index in [1.54, 1.807) is 12.3 Å². The van der Waals surface area contributed by atoms with E-state index in [1.165, 1.54) is 0 Å². The number of pyridine rings is 1. The summed E-state index contributed by atoms with van der Waals surface area (Å²) in [6.45, 7) is 4.15. The SMILES string of the molecule is O=C(CN1CCNCC1)Nc1cc(Br)ccn1. The Kier molecular flexibility index (Phi) is 4.47. The molecule has 1 aromatic heterocycles. The average molecular weight is 299 g/mol. The number of anilines is 1. The van der Waals surface area contributed by atoms with E-state index in [0.29, 0.717) is 12.4 Å². The summed E-state index contributed by atoms with van der Waals surface area (Å²) in [5.41, 5.74) is 0. The van der Waals surface area contributed by atoms with E-state index in [-0.39, 0.29) is 5.91 Å². The van der Waals surface area contributed by atoms with Crippen molar-refractivity contribution in [3.63, 3.8) is 0 Å². The number of carbonyl (C=O) groups is 1. The molecule has 1 fully saturated rings. The summed E-state index contributed by atoms with van der Waals surface area (Å²) in [7, 11) is 0. The number of hydrogen-bond donors (Lipinski definition) is 2. The third kappa shape index (κ3) is 4.07. The Balaban J connectivity index is 1.84. The first-order chi connectivity index (χ1) is 8.24. The van der Waals surface area contributed by atoms with E-state index in [4.69, 9.17) is 0 Å². The lowest BCUT2D eigenvalue weighted by Crippen LogP contribution is -2.46. The maximum Gasteiger partial charge on any atom is 0.239 e. The molecule has 5 nitrogen and oxygen atoms in total. The third-order valence-electron chi connectivity index (χ3n) is 2.57. The topological polar surface area (TPSA) is 57.3 Å². The smallest absolute Gasteiger partial charge is 0.239 e. The lowest BCUT2D eigenvalue weighted by molar-refractivity contribution is -0.117. The van der Waals surface area contributed by atoms with E-state index >= 15 is 0 Å². The third-order valence-corrected chi connectivity index (χ3v) is 3.06. The zero-order valence-electron chi connectivity index (χ0n) is 9.45. The number of halogens is 1. The Morgan fingerprint density at radius 1 is 1.53 bits per heavy atom. The maximum absolute atomic E-state index is 11.8. The number of piperazine rings is 1. The second kappa shape index (κ2) is 6.09. The van der Waals surface area contributed by atoms with Crippen LogP contribution in [0.1, 0.15) is 0 Å². The van der Waals surface area contributed by atoms with E-state index in [2.05, 4.69) is 36.4 Å². The molecule has 0 radical (unpaired) electrons. The van der Waals surface area contributed by atoms with Crippen molar-refractivity contribution in [1.29, 1.82) is 0 Å². The van der Waals surface area contributed by atoms with Gasteiger partial charge in [-0.15, -0.1) is 0 Å². The van der Waals surface area contributed by atoms with Crippen LogP contribution in [0.2, 0.25) is 0 Å². The number of amides is 1. The van der Waals surface area contributed by atoms with Gasteiger partial charge in [0.1, 0.15) is 5.82 Å². The molecule has 0 aliphatic carbocycles. The number of rotatable bonds is 3. The molecule has 0 bridgehead atoms. The Bertz CT molecular complexity index is 393. The molecule has 0 aromatic carbocycles. The first-order valence-electron chi connectivity index (χ1n) is 5.58. The molecule has 1 aromatic rings. The molecule has 2 N–H and O–H groups in total. The number of carbonyl (C=O) groups excluding carboxylic acids is 1. The Labute approximate surface area is 109 Å². The van der Waals surface area contributed by atoms with Gasteiger partial charge in [0.2, 0.25) is 5.91 Å². The second-order valence-corrected chi connectivity index (χ2v) is 4.85. The molecule has 0 atom stereocenters. The molecule has 0 spiro atoms. The Morgan fingerprint density at radius 3 is 3.00 bits per heavy atom. The molecule has 1 aliphatic heterocycles. The van der Waals surface area contributed by atoms with Crippen LogP contribution < -0.4 is 10.6 Å². The first kappa shape index (κ1) is 12.5. The van der Waals surface area contributed by atoms with E-state index in [0.717, 1.165) is 30.7 Å². The largest absolute Gasteiger partial charge is 0.314 e. The normalized spacial score (nSPS) is 16.8. The van der Waals surface area contributed by atoms with Crippen LogP contribution in [-0.2, 0) is 4.79 Å². The van der Waals surface area contributed by atoms with Crippen molar-refractivity contribution in [2.24, 2.45) is 0 Å². The van der Waals surface area contributed by atoms with Crippen molar-refractivity contribution in [2.75, 3.05) is 38.0 Å². The fourth-order valence-electron chi connectivity index (χ4n) is 1.73. The molecule has 0 unspecified atom stereocenters. The van der Waals surface area contributed by atoms with Gasteiger partial charge in [-0.2, -0.15) is 0 Å². The lowest BCUT2D eigenvalue weighted by atomic mass is 10.3. The van der Waals surface area contributed by atoms with Crippen LogP contribution in [-0.4, -0.2) is 48.5 Å². The molecule has 6 heteroatoms. The predicted octanol–water partition coefficient (Wildman–Crippen LogP) is 0.688. The molecule has 1 saturated heterocycles. The van der Waals surface area contributed by atoms with Gasteiger partial charge >= 0.3 is 0 Å². The van der Waals surface area contributed by atoms with Gasteiger partial charge in [-0.25, -0.2) is 4.98 Å². The highest BCUT2D eigenvalue weighted by atomic mass is 79.9. The molecule has 2 rings (SSSR count). The van der Waals surface area contributed by atoms with Gasteiger partial charge < -0.3 is 10.6 Å². The summed E-state index contributed by atoms with van der Waals surface area (Å²) < 4.78 is 0.907. The van der Waals surface area contributed by atoms with Crippen molar-refractivity contribution in [3.05, 3.63) is 22.8 Å². The van der Waals surface area contributed by atoms with Crippen LogP contribution in [0, 0.1) is 0 Å². The maximum atomic E-state index is 11.8. The highest BCUT2D eigenvalue weighted by molar-refractivity contribution is 9.10. The summed E-state index contributed by atoms with van der Waals surface area (Å²) in [4.78, 5) is 18.0. The Hall–Kier alpha value is -0.980. The van der Waals surface area contributed by atoms with Crippen LogP contribution in [0.4, 0.5) is 5.82 Å². The van der Waals surface area contributed by atoms with Gasteiger partial charge in [-0.05, 0) is 12.1 Å². The molecule has 17 heavy (non-hydrogen) atoms. The van der Waals surface area contributed by atoms with Crippen molar-refractivity contribution in [3.8, 4) is 0 Å². The van der Waals surface area contributed by atoms with E-state index in [9.17, 15) is 4.79 Å². The number of hydrogen-bond acceptors (Lipinski definition) is 4. The van der Waals surface area contributed by atoms with Gasteiger partial charge in [0.15, 0.2) is 0 Å². The van der Waals surface area contributed by atoms with Gasteiger partial charge in [0.05, 0.1) is 6.54 Å². The summed E-state index contributed by atoms with van der Waals surface area (Å²) in [5, 5.41) is 6.04. The lowest BCUT2D eigenvalue weighted by Gasteiger charge is -2.26. The summed E-state index contributed by atoms with van der Waals surface area (Å²) in [5.74, 6) is 0.567. The predicted molar refractivity (Wildman–Crippen MR) is 69.9 cm³/mol. The molecular formula is C11H15BrN4O. The zero-order valence-corrected chi connectivity index (χ0v) is 11.0. The summed E-state index contributed by atoms with van der Waals surface area (Å²) in [6, 6.07) is 3.61. The van der Waals surface area contributed by atoms with Crippen LogP contribution in [0.3, 0.4) is 0 Å². The average Bonchev–Trinajstić information content (AvgIpc) is 2.30. The molecule has 0 saturated carbocycles. The number of aromatic nitrogens is 1. The molecular weight excluding hydrogens is 284 g/mol. The summed E-state index contributed by atoms with van der Waals surface area (Å²) >= 11 is 3.34. The zero-order chi connectivity index (χ0) is 12.1. The Morgan fingerprint density at radius 2 is 2.29 bits per heavy atom. The number of nitrogens with zero attached hydrogens (tertiary/aromatic N) is 2. The fourth-order valence-corrected chi connectivity index (χ4v) is 2.06. The quantitative estimate of drug-likeness (QED) is 0.862. The van der Waals surface area contributed by atoms with Crippen molar-refractivity contribution in [2.45, 2.75) is 0 Å². The highest BCUT2D eigenvalue weighted by Crippen LogP contribution is 2.12. The molecule has 1 amide bonds. The monoisotopic (exact) mass is 298 g/mol. The minimum absolute atomic E-state index is 0.0162. The van der Waals surface area contributed by atoms with E-state index < -0.39 is 0 Å². The van der Waals surface area contributed by atoms with E-state index in [1.807, 2.05) is 6.07 Å².